The van der Waals surface area contributed by atoms with Gasteiger partial charge >= 0.3 is 24.1 Å². The van der Waals surface area contributed by atoms with Crippen molar-refractivity contribution in [2.24, 2.45) is 11.8 Å². The summed E-state index contributed by atoms with van der Waals surface area (Å²) in [4.78, 5) is 50.1. The number of hydrogen-bond acceptors (Lipinski definition) is 9. The van der Waals surface area contributed by atoms with Crippen LogP contribution in [-0.2, 0) is 46.2 Å². The molecule has 0 saturated carbocycles. The third-order valence-corrected chi connectivity index (χ3v) is 7.37. The monoisotopic (exact) mass is 718 g/mol. The lowest BCUT2D eigenvalue weighted by Crippen LogP contribution is -2.50. The average molecular weight is 720 g/mol. The van der Waals surface area contributed by atoms with Crippen LogP contribution in [0, 0.1) is 11.8 Å². The zero-order chi connectivity index (χ0) is 35.4. The summed E-state index contributed by atoms with van der Waals surface area (Å²) in [6, 6.07) is 17.5. The summed E-state index contributed by atoms with van der Waals surface area (Å²) >= 11 is 0. The van der Waals surface area contributed by atoms with Gasteiger partial charge < -0.3 is 24.4 Å². The fourth-order valence-corrected chi connectivity index (χ4v) is 4.92. The number of aliphatic carboxylic acids is 1. The Morgan fingerprint density at radius 2 is 1.13 bits per heavy atom. The Hall–Kier alpha value is -3.39. The van der Waals surface area contributed by atoms with Gasteiger partial charge in [0.25, 0.3) is 0 Å². The molecule has 262 valence electrons. The maximum absolute atomic E-state index is 12.2. The van der Waals surface area contributed by atoms with Crippen molar-refractivity contribution in [2.75, 3.05) is 27.3 Å². The lowest BCUT2D eigenvalue weighted by Gasteiger charge is -2.35. The van der Waals surface area contributed by atoms with Gasteiger partial charge in [-0.25, -0.2) is 23.4 Å². The van der Waals surface area contributed by atoms with E-state index in [9.17, 15) is 24.3 Å². The van der Waals surface area contributed by atoms with Gasteiger partial charge in [0.2, 0.25) is 9.23 Å². The summed E-state index contributed by atoms with van der Waals surface area (Å²) < 4.78 is 24.4. The molecule has 15 heteroatoms. The van der Waals surface area contributed by atoms with Crippen molar-refractivity contribution in [3.63, 3.8) is 0 Å². The molecule has 4 rings (SSSR count). The fraction of sp³-hybridized carbons (Fsp3) is 0.500. The molecule has 2 aliphatic heterocycles. The second-order valence-electron chi connectivity index (χ2n) is 10.8. The van der Waals surface area contributed by atoms with E-state index in [-0.39, 0.29) is 19.2 Å². The smallest absolute Gasteiger partial charge is 0.410 e. The number of aliphatic hydroxyl groups excluding tert-OH is 1. The number of carbonyl (C=O) groups is 4. The highest BCUT2D eigenvalue weighted by Gasteiger charge is 2.37. The lowest BCUT2D eigenvalue weighted by molar-refractivity contribution is -0.148. The van der Waals surface area contributed by atoms with Crippen molar-refractivity contribution in [2.45, 2.75) is 64.8 Å². The maximum Gasteiger partial charge on any atom is 0.410 e. The van der Waals surface area contributed by atoms with Gasteiger partial charge in [-0.15, -0.1) is 0 Å². The number of piperidine rings is 2. The predicted octanol–water partition coefficient (Wildman–Crippen LogP) is 5.76. The minimum Gasteiger partial charge on any atom is -0.480 e. The Kier molecular flexibility index (Phi) is 20.4. The van der Waals surface area contributed by atoms with Crippen LogP contribution in [-0.4, -0.2) is 87.7 Å². The number of ether oxygens (including phenoxy) is 3. The van der Waals surface area contributed by atoms with Crippen LogP contribution in [0.3, 0.4) is 0 Å². The second kappa shape index (κ2) is 23.0. The third-order valence-electron chi connectivity index (χ3n) is 7.37. The topological polar surface area (TPSA) is 160 Å². The maximum atomic E-state index is 12.2. The minimum atomic E-state index is -1.67. The van der Waals surface area contributed by atoms with Gasteiger partial charge in [0.1, 0.15) is 25.3 Å². The zero-order valence-electron chi connectivity index (χ0n) is 27.0. The molecule has 0 spiro atoms. The number of amides is 2. The number of halogens is 2. The number of rotatable bonds is 6. The van der Waals surface area contributed by atoms with Gasteiger partial charge in [-0.2, -0.15) is 0 Å². The van der Waals surface area contributed by atoms with Crippen molar-refractivity contribution in [3.05, 3.63) is 71.8 Å². The van der Waals surface area contributed by atoms with E-state index in [1.807, 2.05) is 67.6 Å². The summed E-state index contributed by atoms with van der Waals surface area (Å²) in [5.74, 6) is -0.632. The number of aliphatic hydroxyl groups is 1. The number of hydrogen-bond donors (Lipinski definition) is 2. The number of methoxy groups -OCH3 is 1. The first-order chi connectivity index (χ1) is 22.4. The Bertz CT molecular complexity index is 1250. The molecule has 2 heterocycles. The normalized spacial score (nSPS) is 20.1. The molecule has 47 heavy (non-hydrogen) atoms. The number of benzene rings is 2. The summed E-state index contributed by atoms with van der Waals surface area (Å²) in [5.41, 5.74) is 1.81. The van der Waals surface area contributed by atoms with Crippen LogP contribution in [0.5, 0.6) is 0 Å². The van der Waals surface area contributed by atoms with E-state index < -0.39 is 39.5 Å². The molecule has 4 unspecified atom stereocenters. The van der Waals surface area contributed by atoms with Crippen LogP contribution >= 0.6 is 21.4 Å². The van der Waals surface area contributed by atoms with E-state index in [0.717, 1.165) is 31.1 Å². The number of esters is 1. The van der Waals surface area contributed by atoms with E-state index in [4.69, 9.17) is 23.5 Å². The highest BCUT2D eigenvalue weighted by Crippen LogP contribution is 2.25. The van der Waals surface area contributed by atoms with Crippen molar-refractivity contribution < 1.29 is 47.8 Å². The zero-order valence-corrected chi connectivity index (χ0v) is 29.3. The van der Waals surface area contributed by atoms with Crippen LogP contribution in [0.15, 0.2) is 60.7 Å². The Morgan fingerprint density at radius 3 is 1.49 bits per heavy atom. The van der Waals surface area contributed by atoms with E-state index in [1.165, 1.54) is 16.9 Å². The van der Waals surface area contributed by atoms with Gasteiger partial charge in [0.15, 0.2) is 0 Å². The number of carbonyl (C=O) groups excluding carboxylic acids is 3. The van der Waals surface area contributed by atoms with E-state index in [1.54, 1.807) is 0 Å². The minimum absolute atomic E-state index is 0.165. The van der Waals surface area contributed by atoms with Crippen molar-refractivity contribution >= 4 is 54.7 Å². The summed E-state index contributed by atoms with van der Waals surface area (Å²) in [5, 5.41) is 16.2. The van der Waals surface area contributed by atoms with Gasteiger partial charge in [-0.05, 0) is 48.6 Å². The molecule has 2 saturated heterocycles. The molecular formula is C32H44Cl2N2O10S. The van der Waals surface area contributed by atoms with E-state index >= 15 is 0 Å². The highest BCUT2D eigenvalue weighted by molar-refractivity contribution is 8.26. The molecule has 2 aliphatic rings. The molecule has 2 amide bonds. The van der Waals surface area contributed by atoms with Gasteiger partial charge in [0.05, 0.1) is 7.11 Å². The average Bonchev–Trinajstić information content (AvgIpc) is 3.07. The first-order valence-corrected chi connectivity index (χ1v) is 17.7. The Morgan fingerprint density at radius 1 is 0.766 bits per heavy atom. The SMILES string of the molecule is CC1CCN(C(=O)OCc2ccccc2)C(C(=O)O)C1.CO.COC(=O)C1CC(C)CCN1C(=O)OCc1ccccc1.O=S(Cl)Cl. The molecule has 2 N–H and O–H groups in total. The number of carboxylic acid groups (broad SMARTS) is 1. The van der Waals surface area contributed by atoms with E-state index in [2.05, 4.69) is 28.3 Å². The molecule has 2 fully saturated rings. The first kappa shape index (κ1) is 41.6. The molecule has 2 aromatic carbocycles. The van der Waals surface area contributed by atoms with E-state index in [0.29, 0.717) is 37.8 Å². The summed E-state index contributed by atoms with van der Waals surface area (Å²) in [7, 11) is 9.70. The standard InChI is InChI=1S/C16H21NO4.C15H19NO4.CH4O.Cl2OS/c1-12-8-9-17(14(10-12)15(18)20-2)16(19)21-11-13-6-4-3-5-7-13;1-11-7-8-16(13(9-11)14(17)18)15(19)20-10-12-5-3-2-4-6-12;1-2;1-4(2)3/h3-7,12,14H,8-11H2,1-2H3;2-6,11,13H,7-10H2,1H3,(H,17,18);2H,1H3;. The fourth-order valence-electron chi connectivity index (χ4n) is 4.92. The molecule has 0 aromatic heterocycles. The molecule has 12 nitrogen and oxygen atoms in total. The Labute approximate surface area is 287 Å². The number of nitrogens with zero attached hydrogens (tertiary/aromatic N) is 2. The molecule has 4 atom stereocenters. The largest absolute Gasteiger partial charge is 0.480 e. The first-order valence-electron chi connectivity index (χ1n) is 14.9. The molecule has 2 aromatic rings. The Balaban J connectivity index is 0.000000403. The number of carboxylic acids is 1. The van der Waals surface area contributed by atoms with Gasteiger partial charge in [-0.3, -0.25) is 9.80 Å². The van der Waals surface area contributed by atoms with Crippen LogP contribution in [0.4, 0.5) is 9.59 Å². The third kappa shape index (κ3) is 15.8. The van der Waals surface area contributed by atoms with Crippen LogP contribution < -0.4 is 0 Å². The van der Waals surface area contributed by atoms with Gasteiger partial charge in [0, 0.05) is 41.6 Å². The number of likely N-dealkylation sites (tertiary alicyclic amines) is 2. The predicted molar refractivity (Wildman–Crippen MR) is 179 cm³/mol. The van der Waals surface area contributed by atoms with Crippen LogP contribution in [0.1, 0.15) is 50.7 Å². The quantitative estimate of drug-likeness (QED) is 0.214. The summed E-state index contributed by atoms with van der Waals surface area (Å²) in [6.45, 7) is 5.41. The lowest BCUT2D eigenvalue weighted by atomic mass is 9.93. The molecule has 0 bridgehead atoms. The highest BCUT2D eigenvalue weighted by atomic mass is 36.0. The van der Waals surface area contributed by atoms with Crippen molar-refractivity contribution in [1.29, 1.82) is 0 Å². The van der Waals surface area contributed by atoms with Gasteiger partial charge in [-0.1, -0.05) is 74.5 Å². The van der Waals surface area contributed by atoms with Crippen LogP contribution in [0.2, 0.25) is 0 Å². The summed E-state index contributed by atoms with van der Waals surface area (Å²) in [6.07, 6.45) is 1.77. The van der Waals surface area contributed by atoms with Crippen molar-refractivity contribution in [1.82, 2.24) is 9.80 Å². The molecule has 0 radical (unpaired) electrons. The molecule has 0 aliphatic carbocycles. The second-order valence-corrected chi connectivity index (χ2v) is 13.3. The van der Waals surface area contributed by atoms with Crippen molar-refractivity contribution in [3.8, 4) is 0 Å². The molecular weight excluding hydrogens is 675 g/mol. The van der Waals surface area contributed by atoms with Crippen LogP contribution in [0.25, 0.3) is 0 Å².